The smallest absolute Gasteiger partial charge is 0.289 e. The molecule has 0 saturated carbocycles. The summed E-state index contributed by atoms with van der Waals surface area (Å²) in [6.07, 6.45) is 3.09. The van der Waals surface area contributed by atoms with Crippen molar-refractivity contribution >= 4 is 12.1 Å². The fourth-order valence-electron chi connectivity index (χ4n) is 3.62. The van der Waals surface area contributed by atoms with Gasteiger partial charge in [0.15, 0.2) is 0 Å². The summed E-state index contributed by atoms with van der Waals surface area (Å²) in [5.74, 6) is 1.26. The normalized spacial score (nSPS) is 12.2. The zero-order chi connectivity index (χ0) is 21.1. The van der Waals surface area contributed by atoms with Crippen molar-refractivity contribution in [1.82, 2.24) is 15.6 Å². The Morgan fingerprint density at radius 3 is 2.53 bits per heavy atom. The van der Waals surface area contributed by atoms with Crippen LogP contribution in [0.5, 0.6) is 17.2 Å². The lowest BCUT2D eigenvalue weighted by molar-refractivity contribution is 0.0949. The molecule has 0 aliphatic heterocycles. The predicted molar refractivity (Wildman–Crippen MR) is 113 cm³/mol. The Bertz CT molecular complexity index is 1100. The second-order valence-corrected chi connectivity index (χ2v) is 6.73. The highest BCUT2D eigenvalue weighted by Gasteiger charge is 2.24. The molecule has 1 aliphatic carbocycles. The van der Waals surface area contributed by atoms with Crippen LogP contribution in [0.1, 0.15) is 27.2 Å². The number of benzene rings is 2. The number of hydrazone groups is 1. The van der Waals surface area contributed by atoms with Gasteiger partial charge in [-0.2, -0.15) is 10.2 Å². The monoisotopic (exact) mass is 406 g/mol. The van der Waals surface area contributed by atoms with Gasteiger partial charge in [0.2, 0.25) is 0 Å². The van der Waals surface area contributed by atoms with Gasteiger partial charge in [0.25, 0.3) is 5.91 Å². The van der Waals surface area contributed by atoms with Crippen molar-refractivity contribution in [3.8, 4) is 28.5 Å². The third-order valence-corrected chi connectivity index (χ3v) is 5.12. The van der Waals surface area contributed by atoms with E-state index in [0.717, 1.165) is 29.7 Å². The van der Waals surface area contributed by atoms with Gasteiger partial charge in [-0.25, -0.2) is 5.43 Å². The third kappa shape index (κ3) is 3.47. The molecule has 0 unspecified atom stereocenters. The van der Waals surface area contributed by atoms with Gasteiger partial charge in [0.1, 0.15) is 22.9 Å². The van der Waals surface area contributed by atoms with Crippen LogP contribution in [-0.2, 0) is 12.8 Å². The molecule has 8 nitrogen and oxygen atoms in total. The molecule has 1 aliphatic rings. The summed E-state index contributed by atoms with van der Waals surface area (Å²) >= 11 is 0. The number of carbonyl (C=O) groups excluding carboxylic acids is 1. The van der Waals surface area contributed by atoms with E-state index < -0.39 is 0 Å². The maximum absolute atomic E-state index is 12.7. The van der Waals surface area contributed by atoms with Crippen LogP contribution in [0.25, 0.3) is 11.3 Å². The molecule has 0 atom stereocenters. The highest BCUT2D eigenvalue weighted by atomic mass is 16.5. The summed E-state index contributed by atoms with van der Waals surface area (Å²) in [4.78, 5) is 12.7. The Labute approximate surface area is 173 Å². The van der Waals surface area contributed by atoms with Gasteiger partial charge in [-0.3, -0.25) is 9.89 Å². The van der Waals surface area contributed by atoms with E-state index in [1.54, 1.807) is 33.5 Å². The van der Waals surface area contributed by atoms with E-state index in [0.29, 0.717) is 28.5 Å². The van der Waals surface area contributed by atoms with Crippen molar-refractivity contribution in [3.63, 3.8) is 0 Å². The first-order valence-corrected chi connectivity index (χ1v) is 9.45. The number of aromatic amines is 1. The number of H-pyrrole nitrogens is 1. The van der Waals surface area contributed by atoms with Crippen LogP contribution in [0.4, 0.5) is 0 Å². The standard InChI is InChI=1S/C22H22N4O4/c1-28-14-10-18(29-2)17(19(11-14)30-3)12-23-26-22(27)21-16-9-8-13-6-4-5-7-15(13)20(16)24-25-21/h4-7,10-12H,8-9H2,1-3H3,(H,24,25)(H,26,27)/b23-12+. The zero-order valence-corrected chi connectivity index (χ0v) is 17.0. The molecule has 0 radical (unpaired) electrons. The van der Waals surface area contributed by atoms with E-state index in [4.69, 9.17) is 14.2 Å². The molecule has 154 valence electrons. The molecule has 0 saturated heterocycles. The molecule has 3 aromatic rings. The van der Waals surface area contributed by atoms with Crippen LogP contribution in [0.3, 0.4) is 0 Å². The fourth-order valence-corrected chi connectivity index (χ4v) is 3.62. The number of nitrogens with one attached hydrogen (secondary N) is 2. The predicted octanol–water partition coefficient (Wildman–Crippen LogP) is 2.97. The van der Waals surface area contributed by atoms with Crippen LogP contribution in [0, 0.1) is 0 Å². The van der Waals surface area contributed by atoms with Gasteiger partial charge >= 0.3 is 0 Å². The second-order valence-electron chi connectivity index (χ2n) is 6.73. The maximum atomic E-state index is 12.7. The molecule has 0 bridgehead atoms. The van der Waals surface area contributed by atoms with Gasteiger partial charge < -0.3 is 14.2 Å². The van der Waals surface area contributed by atoms with Crippen LogP contribution < -0.4 is 19.6 Å². The van der Waals surface area contributed by atoms with Crippen molar-refractivity contribution < 1.29 is 19.0 Å². The number of hydrogen-bond acceptors (Lipinski definition) is 6. The summed E-state index contributed by atoms with van der Waals surface area (Å²) in [5.41, 5.74) is 7.59. The van der Waals surface area contributed by atoms with E-state index in [1.807, 2.05) is 18.2 Å². The number of aryl methyl sites for hydroxylation is 1. The van der Waals surface area contributed by atoms with Gasteiger partial charge in [0, 0.05) is 23.3 Å². The van der Waals surface area contributed by atoms with Gasteiger partial charge in [-0.15, -0.1) is 0 Å². The molecule has 1 heterocycles. The summed E-state index contributed by atoms with van der Waals surface area (Å²) in [5, 5.41) is 11.3. The number of amides is 1. The van der Waals surface area contributed by atoms with Crippen molar-refractivity contribution in [3.05, 3.63) is 58.8 Å². The molecule has 1 amide bonds. The van der Waals surface area contributed by atoms with Crippen molar-refractivity contribution in [1.29, 1.82) is 0 Å². The topological polar surface area (TPSA) is 97.8 Å². The highest BCUT2D eigenvalue weighted by molar-refractivity contribution is 5.97. The summed E-state index contributed by atoms with van der Waals surface area (Å²) in [7, 11) is 4.64. The number of nitrogens with zero attached hydrogens (tertiary/aromatic N) is 2. The lowest BCUT2D eigenvalue weighted by atomic mass is 9.89. The quantitative estimate of drug-likeness (QED) is 0.485. The summed E-state index contributed by atoms with van der Waals surface area (Å²) in [6, 6.07) is 11.5. The SMILES string of the molecule is COc1cc(OC)c(/C=N/NC(=O)c2[nH]nc3c2CCc2ccccc2-3)c(OC)c1. The van der Waals surface area contributed by atoms with E-state index in [9.17, 15) is 4.79 Å². The molecule has 30 heavy (non-hydrogen) atoms. The van der Waals surface area contributed by atoms with Gasteiger partial charge in [0.05, 0.1) is 38.8 Å². The molecule has 8 heteroatoms. The lowest BCUT2D eigenvalue weighted by Gasteiger charge is -2.15. The first-order chi connectivity index (χ1) is 14.7. The molecular formula is C22H22N4O4. The molecule has 1 aromatic heterocycles. The number of hydrogen-bond donors (Lipinski definition) is 2. The number of methoxy groups -OCH3 is 3. The Kier molecular flexibility index (Phi) is 5.38. The molecule has 2 N–H and O–H groups in total. The minimum absolute atomic E-state index is 0.356. The molecule has 2 aromatic carbocycles. The van der Waals surface area contributed by atoms with Crippen LogP contribution in [0.2, 0.25) is 0 Å². The molecule has 0 fully saturated rings. The summed E-state index contributed by atoms with van der Waals surface area (Å²) < 4.78 is 16.0. The van der Waals surface area contributed by atoms with Gasteiger partial charge in [-0.1, -0.05) is 24.3 Å². The van der Waals surface area contributed by atoms with Gasteiger partial charge in [-0.05, 0) is 18.4 Å². The maximum Gasteiger partial charge on any atom is 0.289 e. The number of aromatic nitrogens is 2. The van der Waals surface area contributed by atoms with E-state index in [1.165, 1.54) is 11.8 Å². The zero-order valence-electron chi connectivity index (χ0n) is 17.0. The van der Waals surface area contributed by atoms with Crippen LogP contribution in [-0.4, -0.2) is 43.6 Å². The van der Waals surface area contributed by atoms with Crippen molar-refractivity contribution in [2.24, 2.45) is 5.10 Å². The Morgan fingerprint density at radius 2 is 1.83 bits per heavy atom. The minimum atomic E-state index is -0.356. The van der Waals surface area contributed by atoms with Crippen molar-refractivity contribution in [2.45, 2.75) is 12.8 Å². The number of rotatable bonds is 6. The van der Waals surface area contributed by atoms with Crippen molar-refractivity contribution in [2.75, 3.05) is 21.3 Å². The average molecular weight is 406 g/mol. The number of carbonyl (C=O) groups is 1. The van der Waals surface area contributed by atoms with E-state index >= 15 is 0 Å². The lowest BCUT2D eigenvalue weighted by Crippen LogP contribution is -2.20. The fraction of sp³-hybridized carbons (Fsp3) is 0.227. The molecule has 4 rings (SSSR count). The third-order valence-electron chi connectivity index (χ3n) is 5.12. The first kappa shape index (κ1) is 19.5. The van der Waals surface area contributed by atoms with Crippen LogP contribution in [0.15, 0.2) is 41.5 Å². The Balaban J connectivity index is 1.56. The Morgan fingerprint density at radius 1 is 1.10 bits per heavy atom. The number of ether oxygens (including phenoxy) is 3. The Hall–Kier alpha value is -3.81. The summed E-state index contributed by atoms with van der Waals surface area (Å²) in [6.45, 7) is 0. The van der Waals surface area contributed by atoms with E-state index in [2.05, 4.69) is 26.8 Å². The molecular weight excluding hydrogens is 384 g/mol. The second kappa shape index (κ2) is 8.28. The minimum Gasteiger partial charge on any atom is -0.496 e. The highest BCUT2D eigenvalue weighted by Crippen LogP contribution is 2.34. The molecule has 0 spiro atoms. The van der Waals surface area contributed by atoms with E-state index in [-0.39, 0.29) is 5.91 Å². The largest absolute Gasteiger partial charge is 0.496 e. The average Bonchev–Trinajstić information content (AvgIpc) is 3.23. The number of fused-ring (bicyclic) bond motifs is 3. The first-order valence-electron chi connectivity index (χ1n) is 9.45. The van der Waals surface area contributed by atoms with Crippen LogP contribution >= 0.6 is 0 Å².